The first kappa shape index (κ1) is 11.0. The highest BCUT2D eigenvalue weighted by atomic mass is 14.6. The molecular weight excluding hydrogens is 244 g/mol. The van der Waals surface area contributed by atoms with Gasteiger partial charge in [0.15, 0.2) is 0 Å². The molecule has 0 aliphatic rings. The van der Waals surface area contributed by atoms with Crippen molar-refractivity contribution in [2.45, 2.75) is 0 Å². The third kappa shape index (κ3) is 1.41. The van der Waals surface area contributed by atoms with Gasteiger partial charge in [-0.3, -0.25) is 4.98 Å². The molecule has 0 fully saturated rings. The zero-order valence-corrected chi connectivity index (χ0v) is 10.7. The molecule has 92 valence electrons. The van der Waals surface area contributed by atoms with Crippen LogP contribution >= 0.6 is 0 Å². The molecule has 0 atom stereocenters. The first-order chi connectivity index (χ1) is 9.88. The van der Waals surface area contributed by atoms with E-state index in [0.717, 1.165) is 32.4 Å². The lowest BCUT2D eigenvalue weighted by Crippen LogP contribution is -1.87. The molecule has 0 amide bonds. The second-order valence-electron chi connectivity index (χ2n) is 4.82. The Morgan fingerprint density at radius 1 is 0.750 bits per heavy atom. The second-order valence-corrected chi connectivity index (χ2v) is 4.82. The van der Waals surface area contributed by atoms with E-state index >= 15 is 0 Å². The van der Waals surface area contributed by atoms with E-state index in [1.807, 2.05) is 48.7 Å². The van der Waals surface area contributed by atoms with Gasteiger partial charge < -0.3 is 0 Å². The lowest BCUT2D eigenvalue weighted by molar-refractivity contribution is 1.45. The summed E-state index contributed by atoms with van der Waals surface area (Å²) >= 11 is 0. The summed E-state index contributed by atoms with van der Waals surface area (Å²) in [7, 11) is 0. The van der Waals surface area contributed by atoms with Crippen molar-refractivity contribution in [1.29, 1.82) is 5.26 Å². The summed E-state index contributed by atoms with van der Waals surface area (Å²) in [5.41, 5.74) is 1.67. The maximum absolute atomic E-state index is 9.40. The Balaban J connectivity index is 2.35. The lowest BCUT2D eigenvalue weighted by atomic mass is 9.97. The van der Waals surface area contributed by atoms with E-state index in [1.165, 1.54) is 0 Å². The molecule has 1 heterocycles. The van der Waals surface area contributed by atoms with E-state index in [9.17, 15) is 5.26 Å². The molecule has 0 radical (unpaired) electrons. The number of pyridine rings is 1. The third-order valence-corrected chi connectivity index (χ3v) is 3.73. The van der Waals surface area contributed by atoms with Gasteiger partial charge in [-0.1, -0.05) is 42.5 Å². The van der Waals surface area contributed by atoms with Crippen molar-refractivity contribution >= 4 is 32.4 Å². The molecule has 0 unspecified atom stereocenters. The quantitative estimate of drug-likeness (QED) is 0.436. The van der Waals surface area contributed by atoms with Crippen LogP contribution in [0.4, 0.5) is 0 Å². The van der Waals surface area contributed by atoms with E-state index in [1.54, 1.807) is 0 Å². The van der Waals surface area contributed by atoms with Gasteiger partial charge in [0.25, 0.3) is 0 Å². The molecule has 1 aromatic heterocycles. The molecule has 2 heteroatoms. The average molecular weight is 254 g/mol. The Morgan fingerprint density at radius 2 is 1.45 bits per heavy atom. The number of hydrogen-bond acceptors (Lipinski definition) is 2. The van der Waals surface area contributed by atoms with E-state index in [-0.39, 0.29) is 0 Å². The van der Waals surface area contributed by atoms with Crippen LogP contribution in [0.15, 0.2) is 60.8 Å². The van der Waals surface area contributed by atoms with Crippen molar-refractivity contribution in [3.8, 4) is 6.07 Å². The Bertz CT molecular complexity index is 1010. The topological polar surface area (TPSA) is 36.7 Å². The van der Waals surface area contributed by atoms with Crippen LogP contribution in [-0.4, -0.2) is 4.98 Å². The molecule has 0 saturated carbocycles. The van der Waals surface area contributed by atoms with Crippen molar-refractivity contribution in [2.75, 3.05) is 0 Å². The Hall–Kier alpha value is -2.92. The summed E-state index contributed by atoms with van der Waals surface area (Å²) in [6.07, 6.45) is 1.90. The minimum atomic E-state index is 0.712. The molecule has 4 rings (SSSR count). The summed E-state index contributed by atoms with van der Waals surface area (Å²) in [6.45, 7) is 0. The van der Waals surface area contributed by atoms with Gasteiger partial charge in [-0.05, 0) is 22.9 Å². The van der Waals surface area contributed by atoms with Crippen molar-refractivity contribution in [1.82, 2.24) is 4.98 Å². The van der Waals surface area contributed by atoms with E-state index < -0.39 is 0 Å². The maximum atomic E-state index is 9.40. The number of para-hydroxylation sites is 1. The number of hydrogen-bond donors (Lipinski definition) is 0. The smallest absolute Gasteiger partial charge is 0.0998 e. The SMILES string of the molecule is N#Cc1cc2c3ccccc3ncc2c2ccccc12. The Labute approximate surface area is 115 Å². The summed E-state index contributed by atoms with van der Waals surface area (Å²) in [4.78, 5) is 4.53. The van der Waals surface area contributed by atoms with Gasteiger partial charge in [-0.15, -0.1) is 0 Å². The standard InChI is InChI=1S/C18H10N2/c19-10-12-9-16-15-7-3-4-8-18(15)20-11-17(16)14-6-2-1-5-13(12)14/h1-9,11H. The molecule has 4 aromatic rings. The van der Waals surface area contributed by atoms with Crippen LogP contribution < -0.4 is 0 Å². The zero-order chi connectivity index (χ0) is 13.5. The molecular formula is C18H10N2. The van der Waals surface area contributed by atoms with E-state index in [0.29, 0.717) is 5.56 Å². The first-order valence-corrected chi connectivity index (χ1v) is 6.48. The van der Waals surface area contributed by atoms with Gasteiger partial charge >= 0.3 is 0 Å². The number of benzene rings is 3. The molecule has 0 N–H and O–H groups in total. The molecule has 2 nitrogen and oxygen atoms in total. The van der Waals surface area contributed by atoms with Crippen LogP contribution in [0.2, 0.25) is 0 Å². The molecule has 0 saturated heterocycles. The van der Waals surface area contributed by atoms with E-state index in [4.69, 9.17) is 0 Å². The van der Waals surface area contributed by atoms with Crippen molar-refractivity contribution in [3.05, 3.63) is 66.4 Å². The predicted octanol–water partition coefficient (Wildman–Crippen LogP) is 4.41. The van der Waals surface area contributed by atoms with Crippen LogP contribution in [0.25, 0.3) is 32.4 Å². The molecule has 3 aromatic carbocycles. The number of fused-ring (bicyclic) bond motifs is 5. The summed E-state index contributed by atoms with van der Waals surface area (Å²) in [5, 5.41) is 14.7. The van der Waals surface area contributed by atoms with Gasteiger partial charge in [0.2, 0.25) is 0 Å². The normalized spacial score (nSPS) is 10.9. The molecule has 0 aliphatic carbocycles. The fraction of sp³-hybridized carbons (Fsp3) is 0. The number of rotatable bonds is 0. The van der Waals surface area contributed by atoms with Crippen molar-refractivity contribution < 1.29 is 0 Å². The Kier molecular flexibility index (Phi) is 2.21. The van der Waals surface area contributed by atoms with Crippen LogP contribution in [0.3, 0.4) is 0 Å². The average Bonchev–Trinajstić information content (AvgIpc) is 2.53. The highest BCUT2D eigenvalue weighted by molar-refractivity contribution is 6.17. The highest BCUT2D eigenvalue weighted by Gasteiger charge is 2.08. The van der Waals surface area contributed by atoms with Gasteiger partial charge in [0, 0.05) is 22.4 Å². The molecule has 0 aliphatic heterocycles. The zero-order valence-electron chi connectivity index (χ0n) is 10.7. The number of nitriles is 1. The molecule has 0 spiro atoms. The van der Waals surface area contributed by atoms with Crippen LogP contribution in [0.1, 0.15) is 5.56 Å². The highest BCUT2D eigenvalue weighted by Crippen LogP contribution is 2.31. The monoisotopic (exact) mass is 254 g/mol. The first-order valence-electron chi connectivity index (χ1n) is 6.48. The predicted molar refractivity (Wildman–Crippen MR) is 81.5 cm³/mol. The largest absolute Gasteiger partial charge is 0.256 e. The summed E-state index contributed by atoms with van der Waals surface area (Å²) < 4.78 is 0. The second kappa shape index (κ2) is 4.04. The molecule has 20 heavy (non-hydrogen) atoms. The molecule has 0 bridgehead atoms. The van der Waals surface area contributed by atoms with Crippen LogP contribution in [0, 0.1) is 11.3 Å². The fourth-order valence-corrected chi connectivity index (χ4v) is 2.80. The number of aromatic nitrogens is 1. The summed E-state index contributed by atoms with van der Waals surface area (Å²) in [5.74, 6) is 0. The van der Waals surface area contributed by atoms with E-state index in [2.05, 4.69) is 23.2 Å². The van der Waals surface area contributed by atoms with Gasteiger partial charge in [-0.2, -0.15) is 5.26 Å². The minimum absolute atomic E-state index is 0.712. The van der Waals surface area contributed by atoms with Crippen molar-refractivity contribution in [2.24, 2.45) is 0 Å². The van der Waals surface area contributed by atoms with Gasteiger partial charge in [0.05, 0.1) is 17.1 Å². The van der Waals surface area contributed by atoms with Gasteiger partial charge in [-0.25, -0.2) is 0 Å². The van der Waals surface area contributed by atoms with Gasteiger partial charge in [0.1, 0.15) is 0 Å². The van der Waals surface area contributed by atoms with Crippen molar-refractivity contribution in [3.63, 3.8) is 0 Å². The number of nitrogens with zero attached hydrogens (tertiary/aromatic N) is 2. The van der Waals surface area contributed by atoms with Crippen LogP contribution in [-0.2, 0) is 0 Å². The lowest BCUT2D eigenvalue weighted by Gasteiger charge is -2.08. The fourth-order valence-electron chi connectivity index (χ4n) is 2.80. The van der Waals surface area contributed by atoms with Crippen LogP contribution in [0.5, 0.6) is 0 Å². The maximum Gasteiger partial charge on any atom is 0.0998 e. The minimum Gasteiger partial charge on any atom is -0.256 e. The third-order valence-electron chi connectivity index (χ3n) is 3.73. The summed E-state index contributed by atoms with van der Waals surface area (Å²) in [6, 6.07) is 20.3. The Morgan fingerprint density at radius 3 is 2.25 bits per heavy atom.